The minimum atomic E-state index is -2.82. The van der Waals surface area contributed by atoms with Crippen molar-refractivity contribution in [3.63, 3.8) is 0 Å². The monoisotopic (exact) mass is 322 g/mol. The van der Waals surface area contributed by atoms with E-state index in [9.17, 15) is 4.80 Å². The van der Waals surface area contributed by atoms with Crippen molar-refractivity contribution in [2.75, 3.05) is 0 Å². The molecule has 23 heavy (non-hydrogen) atoms. The number of hydrogen-bond donors (Lipinski definition) is 1. The third kappa shape index (κ3) is 3.06. The summed E-state index contributed by atoms with van der Waals surface area (Å²) in [5.74, 6) is 0.663. The molecule has 0 aromatic heterocycles. The minimum Gasteiger partial charge on any atom is -0.424 e. The first-order chi connectivity index (χ1) is 11.0. The molecular formula is C21H26OSi. The molecule has 1 aliphatic rings. The Kier molecular flexibility index (Phi) is 4.56. The Morgan fingerprint density at radius 1 is 0.870 bits per heavy atom. The molecule has 0 fully saturated rings. The van der Waals surface area contributed by atoms with Crippen LogP contribution in [0.25, 0.3) is 0 Å². The topological polar surface area (TPSA) is 20.2 Å². The molecule has 1 nitrogen and oxygen atoms in total. The lowest BCUT2D eigenvalue weighted by Crippen LogP contribution is -2.65. The largest absolute Gasteiger partial charge is 0.424 e. The summed E-state index contributed by atoms with van der Waals surface area (Å²) in [6.07, 6.45) is 7.93. The molecule has 0 aliphatic heterocycles. The van der Waals surface area contributed by atoms with Crippen LogP contribution in [0.1, 0.15) is 33.1 Å². The zero-order valence-electron chi connectivity index (χ0n) is 14.1. The zero-order chi connectivity index (χ0) is 16.3. The molecule has 2 aromatic rings. The number of rotatable bonds is 5. The van der Waals surface area contributed by atoms with Gasteiger partial charge in [-0.05, 0) is 40.6 Å². The number of hydrogen-bond acceptors (Lipinski definition) is 1. The van der Waals surface area contributed by atoms with E-state index in [0.29, 0.717) is 5.92 Å². The van der Waals surface area contributed by atoms with Crippen LogP contribution in [0.2, 0.25) is 5.04 Å². The lowest BCUT2D eigenvalue weighted by Gasteiger charge is -2.42. The van der Waals surface area contributed by atoms with E-state index in [-0.39, 0.29) is 5.04 Å². The van der Waals surface area contributed by atoms with Gasteiger partial charge >= 0.3 is 0 Å². The van der Waals surface area contributed by atoms with E-state index in [4.69, 9.17) is 0 Å². The van der Waals surface area contributed by atoms with E-state index in [1.165, 1.54) is 0 Å². The maximum atomic E-state index is 12.1. The predicted molar refractivity (Wildman–Crippen MR) is 101 cm³/mol. The lowest BCUT2D eigenvalue weighted by molar-refractivity contribution is 0.394. The third-order valence-electron chi connectivity index (χ3n) is 5.27. The van der Waals surface area contributed by atoms with Gasteiger partial charge in [-0.1, -0.05) is 86.7 Å². The fourth-order valence-electron chi connectivity index (χ4n) is 4.02. The summed E-state index contributed by atoms with van der Waals surface area (Å²) in [5, 5.41) is 2.11. The van der Waals surface area contributed by atoms with E-state index >= 15 is 0 Å². The van der Waals surface area contributed by atoms with Crippen LogP contribution in [0.3, 0.4) is 0 Å². The van der Waals surface area contributed by atoms with Crippen LogP contribution in [0.15, 0.2) is 72.8 Å². The molecule has 1 N–H and O–H groups in total. The van der Waals surface area contributed by atoms with E-state index in [1.54, 1.807) is 0 Å². The normalized spacial score (nSPS) is 16.0. The Morgan fingerprint density at radius 2 is 1.30 bits per heavy atom. The number of allylic oxidation sites excluding steroid dienone is 2. The Balaban J connectivity index is 2.04. The summed E-state index contributed by atoms with van der Waals surface area (Å²) in [6.45, 7) is 4.52. The Morgan fingerprint density at radius 3 is 1.74 bits per heavy atom. The minimum absolute atomic E-state index is 0.119. The molecule has 2 heteroatoms. The standard InChI is InChI=1S/C21H26OSi/c1-21(2,17-18-11-9-10-12-18)23(22,19-13-5-3-6-14-19)20-15-7-4-8-16-20/h3-10,13-16,18,22H,11-12,17H2,1-2H3. The smallest absolute Gasteiger partial charge is 0.258 e. The van der Waals surface area contributed by atoms with Crippen molar-refractivity contribution in [2.45, 2.75) is 38.1 Å². The van der Waals surface area contributed by atoms with E-state index in [0.717, 1.165) is 29.6 Å². The molecule has 0 amide bonds. The first kappa shape index (κ1) is 16.2. The van der Waals surface area contributed by atoms with Crippen molar-refractivity contribution >= 4 is 18.7 Å². The first-order valence-corrected chi connectivity index (χ1v) is 10.5. The molecule has 3 rings (SSSR count). The van der Waals surface area contributed by atoms with Gasteiger partial charge in [-0.15, -0.1) is 0 Å². The highest BCUT2D eigenvalue weighted by Gasteiger charge is 2.50. The molecule has 0 saturated heterocycles. The summed E-state index contributed by atoms with van der Waals surface area (Å²) in [7, 11) is -2.82. The molecule has 0 saturated carbocycles. The molecule has 1 aliphatic carbocycles. The van der Waals surface area contributed by atoms with E-state index in [2.05, 4.69) is 50.3 Å². The van der Waals surface area contributed by atoms with Crippen molar-refractivity contribution in [3.05, 3.63) is 72.8 Å². The van der Waals surface area contributed by atoms with Gasteiger partial charge in [0.2, 0.25) is 0 Å². The second kappa shape index (κ2) is 6.46. The average Bonchev–Trinajstić information content (AvgIpc) is 3.08. The van der Waals surface area contributed by atoms with E-state index in [1.807, 2.05) is 36.4 Å². The van der Waals surface area contributed by atoms with E-state index < -0.39 is 8.32 Å². The summed E-state index contributed by atoms with van der Waals surface area (Å²) < 4.78 is 0. The summed E-state index contributed by atoms with van der Waals surface area (Å²) in [6, 6.07) is 20.7. The molecular weight excluding hydrogens is 296 g/mol. The van der Waals surface area contributed by atoms with Gasteiger partial charge in [0.1, 0.15) is 0 Å². The molecule has 0 unspecified atom stereocenters. The van der Waals surface area contributed by atoms with Gasteiger partial charge in [-0.3, -0.25) is 0 Å². The molecule has 0 atom stereocenters. The molecule has 0 spiro atoms. The maximum Gasteiger partial charge on any atom is 0.258 e. The Hall–Kier alpha value is -1.64. The van der Waals surface area contributed by atoms with Crippen LogP contribution < -0.4 is 10.4 Å². The third-order valence-corrected chi connectivity index (χ3v) is 9.77. The zero-order valence-corrected chi connectivity index (χ0v) is 15.1. The Labute approximate surface area is 140 Å². The van der Waals surface area contributed by atoms with Crippen molar-refractivity contribution in [2.24, 2.45) is 5.92 Å². The number of benzene rings is 2. The highest BCUT2D eigenvalue weighted by atomic mass is 28.4. The molecule has 0 heterocycles. The van der Waals surface area contributed by atoms with Crippen molar-refractivity contribution in [3.8, 4) is 0 Å². The highest BCUT2D eigenvalue weighted by Crippen LogP contribution is 2.44. The van der Waals surface area contributed by atoms with Gasteiger partial charge < -0.3 is 4.80 Å². The van der Waals surface area contributed by atoms with Crippen LogP contribution >= 0.6 is 0 Å². The van der Waals surface area contributed by atoms with Crippen molar-refractivity contribution in [1.29, 1.82) is 0 Å². The second-order valence-electron chi connectivity index (χ2n) is 7.34. The summed E-state index contributed by atoms with van der Waals surface area (Å²) >= 11 is 0. The van der Waals surface area contributed by atoms with Crippen LogP contribution in [-0.4, -0.2) is 13.1 Å². The van der Waals surface area contributed by atoms with Gasteiger partial charge in [-0.2, -0.15) is 0 Å². The Bertz CT molecular complexity index is 613. The quantitative estimate of drug-likeness (QED) is 0.654. The van der Waals surface area contributed by atoms with Crippen LogP contribution in [0.5, 0.6) is 0 Å². The fraction of sp³-hybridized carbons (Fsp3) is 0.333. The van der Waals surface area contributed by atoms with Gasteiger partial charge in [0.15, 0.2) is 0 Å². The molecule has 0 radical (unpaired) electrons. The van der Waals surface area contributed by atoms with Crippen LogP contribution in [0, 0.1) is 5.92 Å². The van der Waals surface area contributed by atoms with Gasteiger partial charge in [0, 0.05) is 0 Å². The lowest BCUT2D eigenvalue weighted by atomic mass is 9.94. The summed E-state index contributed by atoms with van der Waals surface area (Å²) in [5.41, 5.74) is 0. The van der Waals surface area contributed by atoms with Crippen LogP contribution in [-0.2, 0) is 0 Å². The molecule has 2 aromatic carbocycles. The maximum absolute atomic E-state index is 12.1. The highest BCUT2D eigenvalue weighted by molar-refractivity contribution is 6.98. The van der Waals surface area contributed by atoms with Crippen molar-refractivity contribution in [1.82, 2.24) is 0 Å². The van der Waals surface area contributed by atoms with Gasteiger partial charge in [0.25, 0.3) is 8.32 Å². The molecule has 0 bridgehead atoms. The average molecular weight is 323 g/mol. The second-order valence-corrected chi connectivity index (χ2v) is 11.3. The molecule has 120 valence electrons. The first-order valence-electron chi connectivity index (χ1n) is 8.52. The summed E-state index contributed by atoms with van der Waals surface area (Å²) in [4.78, 5) is 12.1. The predicted octanol–water partition coefficient (Wildman–Crippen LogP) is 3.88. The SMILES string of the molecule is CC(C)(CC1CC=CC1)[Si](O)(c1ccccc1)c1ccccc1. The van der Waals surface area contributed by atoms with Gasteiger partial charge in [0.05, 0.1) is 0 Å². The van der Waals surface area contributed by atoms with Gasteiger partial charge in [-0.25, -0.2) is 0 Å². The van der Waals surface area contributed by atoms with Crippen molar-refractivity contribution < 1.29 is 4.80 Å². The van der Waals surface area contributed by atoms with Crippen LogP contribution in [0.4, 0.5) is 0 Å². The fourth-order valence-corrected chi connectivity index (χ4v) is 7.85.